The zero-order chi connectivity index (χ0) is 8.97. The number of nitrogens with one attached hydrogen (secondary N) is 2. The molecule has 1 rings (SSSR count). The van der Waals surface area contributed by atoms with Crippen LogP contribution in [0.2, 0.25) is 0 Å². The first-order valence-corrected chi connectivity index (χ1v) is 3.40. The number of methoxy groups -OCH3 is 1. The molecule has 1 aromatic heterocycles. The first-order valence-electron chi connectivity index (χ1n) is 3.40. The van der Waals surface area contributed by atoms with Gasteiger partial charge in [-0.15, -0.1) is 5.10 Å². The van der Waals surface area contributed by atoms with E-state index in [-0.39, 0.29) is 11.7 Å². The topological polar surface area (TPSA) is 79.9 Å². The van der Waals surface area contributed by atoms with Crippen molar-refractivity contribution in [3.8, 4) is 0 Å². The van der Waals surface area contributed by atoms with E-state index in [9.17, 15) is 4.79 Å². The van der Waals surface area contributed by atoms with Crippen molar-refractivity contribution in [1.82, 2.24) is 20.5 Å². The summed E-state index contributed by atoms with van der Waals surface area (Å²) in [5.41, 5.74) is 0. The minimum atomic E-state index is -0.311. The molecule has 6 nitrogen and oxygen atoms in total. The Kier molecular flexibility index (Phi) is 2.76. The molecule has 0 bridgehead atoms. The van der Waals surface area contributed by atoms with Gasteiger partial charge in [-0.2, -0.15) is 0 Å². The number of carbonyl (C=O) groups is 1. The maximum Gasteiger partial charge on any atom is 0.290 e. The average molecular weight is 170 g/mol. The van der Waals surface area contributed by atoms with E-state index in [1.165, 1.54) is 7.05 Å². The van der Waals surface area contributed by atoms with E-state index in [0.29, 0.717) is 12.4 Å². The number of amides is 1. The lowest BCUT2D eigenvalue weighted by Crippen LogP contribution is -2.19. The SMILES string of the molecule is CNC(=O)c1n[nH]c(COC)n1. The molecule has 0 saturated carbocycles. The van der Waals surface area contributed by atoms with Crippen LogP contribution in [0.25, 0.3) is 0 Å². The number of carbonyl (C=O) groups excluding carboxylic acids is 1. The third kappa shape index (κ3) is 1.79. The highest BCUT2D eigenvalue weighted by Crippen LogP contribution is 1.93. The number of rotatable bonds is 3. The molecular weight excluding hydrogens is 160 g/mol. The summed E-state index contributed by atoms with van der Waals surface area (Å²) in [5.74, 6) is 0.356. The molecule has 0 spiro atoms. The summed E-state index contributed by atoms with van der Waals surface area (Å²) in [7, 11) is 3.07. The normalized spacial score (nSPS) is 9.83. The quantitative estimate of drug-likeness (QED) is 0.629. The summed E-state index contributed by atoms with van der Waals surface area (Å²) in [6, 6.07) is 0. The predicted octanol–water partition coefficient (Wildman–Crippen LogP) is -0.689. The summed E-state index contributed by atoms with van der Waals surface area (Å²) in [5, 5.41) is 8.66. The monoisotopic (exact) mass is 170 g/mol. The van der Waals surface area contributed by atoms with Crippen molar-refractivity contribution in [3.63, 3.8) is 0 Å². The molecule has 6 heteroatoms. The van der Waals surface area contributed by atoms with Gasteiger partial charge < -0.3 is 10.1 Å². The molecular formula is C6H10N4O2. The largest absolute Gasteiger partial charge is 0.377 e. The molecule has 1 amide bonds. The van der Waals surface area contributed by atoms with Crippen molar-refractivity contribution < 1.29 is 9.53 Å². The molecule has 0 fully saturated rings. The van der Waals surface area contributed by atoms with Crippen LogP contribution >= 0.6 is 0 Å². The molecule has 0 aliphatic rings. The third-order valence-electron chi connectivity index (χ3n) is 1.24. The van der Waals surface area contributed by atoms with Gasteiger partial charge in [0.05, 0.1) is 0 Å². The molecule has 66 valence electrons. The molecule has 0 aliphatic carbocycles. The number of aromatic amines is 1. The number of hydrogen-bond donors (Lipinski definition) is 2. The second kappa shape index (κ2) is 3.82. The molecule has 0 saturated heterocycles. The van der Waals surface area contributed by atoms with Gasteiger partial charge in [0.15, 0.2) is 5.82 Å². The molecule has 2 N–H and O–H groups in total. The molecule has 12 heavy (non-hydrogen) atoms. The highest BCUT2D eigenvalue weighted by molar-refractivity contribution is 5.89. The Balaban J connectivity index is 2.70. The molecule has 0 radical (unpaired) electrons. The molecule has 0 atom stereocenters. The Hall–Kier alpha value is -1.43. The first-order chi connectivity index (χ1) is 5.77. The van der Waals surface area contributed by atoms with Gasteiger partial charge in [-0.25, -0.2) is 4.98 Å². The van der Waals surface area contributed by atoms with Crippen LogP contribution in [0.15, 0.2) is 0 Å². The van der Waals surface area contributed by atoms with Crippen molar-refractivity contribution in [1.29, 1.82) is 0 Å². The number of H-pyrrole nitrogens is 1. The van der Waals surface area contributed by atoms with Crippen molar-refractivity contribution in [2.45, 2.75) is 6.61 Å². The lowest BCUT2D eigenvalue weighted by molar-refractivity contribution is 0.0953. The smallest absolute Gasteiger partial charge is 0.290 e. The summed E-state index contributed by atoms with van der Waals surface area (Å²) >= 11 is 0. The van der Waals surface area contributed by atoms with E-state index in [2.05, 4.69) is 20.5 Å². The Morgan fingerprint density at radius 1 is 1.75 bits per heavy atom. The summed E-state index contributed by atoms with van der Waals surface area (Å²) < 4.78 is 4.79. The van der Waals surface area contributed by atoms with E-state index < -0.39 is 0 Å². The van der Waals surface area contributed by atoms with Crippen LogP contribution in [0.5, 0.6) is 0 Å². The maximum absolute atomic E-state index is 10.9. The van der Waals surface area contributed by atoms with Crippen LogP contribution in [0.4, 0.5) is 0 Å². The summed E-state index contributed by atoms with van der Waals surface area (Å²) in [6.07, 6.45) is 0. The van der Waals surface area contributed by atoms with Gasteiger partial charge in [0.2, 0.25) is 5.82 Å². The minimum absolute atomic E-state index is 0.129. The Labute approximate surface area is 69.3 Å². The Morgan fingerprint density at radius 2 is 2.50 bits per heavy atom. The van der Waals surface area contributed by atoms with E-state index in [0.717, 1.165) is 0 Å². The lowest BCUT2D eigenvalue weighted by atomic mass is 10.5. The molecule has 1 heterocycles. The second-order valence-electron chi connectivity index (χ2n) is 2.12. The van der Waals surface area contributed by atoms with Gasteiger partial charge in [-0.1, -0.05) is 0 Å². The van der Waals surface area contributed by atoms with Crippen LogP contribution in [-0.4, -0.2) is 35.2 Å². The molecule has 0 aliphatic heterocycles. The van der Waals surface area contributed by atoms with Gasteiger partial charge in [0, 0.05) is 14.2 Å². The number of hydrogen-bond acceptors (Lipinski definition) is 4. The highest BCUT2D eigenvalue weighted by Gasteiger charge is 2.09. The molecule has 0 unspecified atom stereocenters. The van der Waals surface area contributed by atoms with Gasteiger partial charge in [0.25, 0.3) is 5.91 Å². The Morgan fingerprint density at radius 3 is 3.08 bits per heavy atom. The summed E-state index contributed by atoms with van der Waals surface area (Å²) in [4.78, 5) is 14.8. The fourth-order valence-electron chi connectivity index (χ4n) is 0.710. The third-order valence-corrected chi connectivity index (χ3v) is 1.24. The average Bonchev–Trinajstić information content (AvgIpc) is 2.52. The summed E-state index contributed by atoms with van der Waals surface area (Å²) in [6.45, 7) is 0.323. The van der Waals surface area contributed by atoms with Crippen molar-refractivity contribution in [2.75, 3.05) is 14.2 Å². The van der Waals surface area contributed by atoms with Crippen LogP contribution in [0.3, 0.4) is 0 Å². The van der Waals surface area contributed by atoms with Crippen LogP contribution in [-0.2, 0) is 11.3 Å². The van der Waals surface area contributed by atoms with Gasteiger partial charge in [-0.3, -0.25) is 9.89 Å². The van der Waals surface area contributed by atoms with Gasteiger partial charge >= 0.3 is 0 Å². The van der Waals surface area contributed by atoms with E-state index in [1.54, 1.807) is 7.11 Å². The zero-order valence-electron chi connectivity index (χ0n) is 6.92. The highest BCUT2D eigenvalue weighted by atomic mass is 16.5. The first kappa shape index (κ1) is 8.66. The number of ether oxygens (including phenoxy) is 1. The standard InChI is InChI=1S/C6H10N4O2/c1-7-6(11)5-8-4(3-12-2)9-10-5/h3H2,1-2H3,(H,7,11)(H,8,9,10). The van der Waals surface area contributed by atoms with E-state index in [1.807, 2.05) is 0 Å². The molecule has 1 aromatic rings. The lowest BCUT2D eigenvalue weighted by Gasteiger charge is -1.90. The number of aromatic nitrogens is 3. The number of nitrogens with zero attached hydrogens (tertiary/aromatic N) is 2. The fourth-order valence-corrected chi connectivity index (χ4v) is 0.710. The van der Waals surface area contributed by atoms with Crippen LogP contribution in [0.1, 0.15) is 16.4 Å². The van der Waals surface area contributed by atoms with Crippen LogP contribution < -0.4 is 5.32 Å². The minimum Gasteiger partial charge on any atom is -0.377 e. The Bertz CT molecular complexity index is 270. The van der Waals surface area contributed by atoms with E-state index in [4.69, 9.17) is 4.74 Å². The van der Waals surface area contributed by atoms with E-state index >= 15 is 0 Å². The zero-order valence-corrected chi connectivity index (χ0v) is 6.92. The van der Waals surface area contributed by atoms with Crippen molar-refractivity contribution in [2.24, 2.45) is 0 Å². The fraction of sp³-hybridized carbons (Fsp3) is 0.500. The van der Waals surface area contributed by atoms with Gasteiger partial charge in [-0.05, 0) is 0 Å². The predicted molar refractivity (Wildman–Crippen MR) is 40.5 cm³/mol. The van der Waals surface area contributed by atoms with Gasteiger partial charge in [0.1, 0.15) is 6.61 Å². The van der Waals surface area contributed by atoms with Crippen molar-refractivity contribution >= 4 is 5.91 Å². The van der Waals surface area contributed by atoms with Crippen molar-refractivity contribution in [3.05, 3.63) is 11.6 Å². The van der Waals surface area contributed by atoms with Crippen LogP contribution in [0, 0.1) is 0 Å². The maximum atomic E-state index is 10.9. The molecule has 0 aromatic carbocycles. The second-order valence-corrected chi connectivity index (χ2v) is 2.12.